The second-order valence-corrected chi connectivity index (χ2v) is 2.54. The van der Waals surface area contributed by atoms with Crippen molar-refractivity contribution in [3.63, 3.8) is 0 Å². The Balaban J connectivity index is 2.20. The summed E-state index contributed by atoms with van der Waals surface area (Å²) >= 11 is 0. The van der Waals surface area contributed by atoms with E-state index in [2.05, 4.69) is 0 Å². The summed E-state index contributed by atoms with van der Waals surface area (Å²) in [5, 5.41) is 0. The van der Waals surface area contributed by atoms with Gasteiger partial charge in [-0.2, -0.15) is 0 Å². The number of benzene rings is 1. The van der Waals surface area contributed by atoms with E-state index in [0.29, 0.717) is 17.2 Å². The normalized spacial score (nSPS) is 23.5. The Hall–Kier alpha value is -1.42. The third kappa shape index (κ3) is 0.698. The van der Waals surface area contributed by atoms with Gasteiger partial charge in [-0.05, 0) is 12.1 Å². The third-order valence-corrected chi connectivity index (χ3v) is 1.80. The van der Waals surface area contributed by atoms with Crippen LogP contribution in [0.2, 0.25) is 0 Å². The van der Waals surface area contributed by atoms with Crippen LogP contribution in [-0.4, -0.2) is 13.3 Å². The maximum atomic E-state index is 5.28. The smallest absolute Gasteiger partial charge is 0.364 e. The van der Waals surface area contributed by atoms with Crippen molar-refractivity contribution in [3.05, 3.63) is 18.2 Å². The number of ether oxygens (including phenoxy) is 4. The molecule has 1 aromatic carbocycles. The van der Waals surface area contributed by atoms with Gasteiger partial charge in [0.2, 0.25) is 5.75 Å². The Morgan fingerprint density at radius 2 is 2.08 bits per heavy atom. The molecule has 0 aliphatic carbocycles. The Kier molecular flexibility index (Phi) is 1.04. The number of hydrogen-bond donors (Lipinski definition) is 0. The lowest BCUT2D eigenvalue weighted by atomic mass is 10.3. The number of para-hydroxylation sites is 1. The zero-order chi connectivity index (χ0) is 7.97. The van der Waals surface area contributed by atoms with Crippen molar-refractivity contribution in [2.24, 2.45) is 0 Å². The molecule has 62 valence electrons. The van der Waals surface area contributed by atoms with Crippen LogP contribution < -0.4 is 14.2 Å². The van der Waals surface area contributed by atoms with Crippen molar-refractivity contribution < 1.29 is 18.9 Å². The fourth-order valence-electron chi connectivity index (χ4n) is 1.26. The fraction of sp³-hybridized carbons (Fsp3) is 0.250. The van der Waals surface area contributed by atoms with E-state index in [1.165, 1.54) is 0 Å². The molecule has 2 bridgehead atoms. The lowest BCUT2D eigenvalue weighted by molar-refractivity contribution is -0.198. The van der Waals surface area contributed by atoms with E-state index in [1.807, 2.05) is 18.2 Å². The average Bonchev–Trinajstić information content (AvgIpc) is 2.37. The molecule has 0 N–H and O–H groups in total. The Bertz CT molecular complexity index is 323. The summed E-state index contributed by atoms with van der Waals surface area (Å²) < 4.78 is 20.8. The second kappa shape index (κ2) is 2.04. The van der Waals surface area contributed by atoms with Crippen LogP contribution in [0.5, 0.6) is 17.2 Å². The van der Waals surface area contributed by atoms with E-state index in [1.54, 1.807) is 0 Å². The summed E-state index contributed by atoms with van der Waals surface area (Å²) in [5.41, 5.74) is 0. The summed E-state index contributed by atoms with van der Waals surface area (Å²) in [6.45, 7) is -0.468. The molecule has 0 radical (unpaired) electrons. The predicted octanol–water partition coefficient (Wildman–Crippen LogP) is 1.11. The summed E-state index contributed by atoms with van der Waals surface area (Å²) in [5.74, 6) is 1.99. The van der Waals surface area contributed by atoms with Crippen LogP contribution in [0.15, 0.2) is 18.2 Å². The van der Waals surface area contributed by atoms with E-state index in [9.17, 15) is 0 Å². The molecular formula is C8H6O4. The molecule has 1 atom stereocenters. The van der Waals surface area contributed by atoms with E-state index in [4.69, 9.17) is 18.9 Å². The van der Waals surface area contributed by atoms with Gasteiger partial charge in [0.1, 0.15) is 0 Å². The molecule has 12 heavy (non-hydrogen) atoms. The SMILES string of the molecule is c1cc2c3c(c1)OC(OCO2)O3. The molecule has 2 heterocycles. The van der Waals surface area contributed by atoms with Gasteiger partial charge in [-0.25, -0.2) is 0 Å². The molecule has 0 saturated carbocycles. The first-order valence-electron chi connectivity index (χ1n) is 3.64. The minimum atomic E-state index is -0.636. The molecule has 1 unspecified atom stereocenters. The van der Waals surface area contributed by atoms with Crippen molar-refractivity contribution in [1.82, 2.24) is 0 Å². The average molecular weight is 166 g/mol. The Morgan fingerprint density at radius 1 is 1.17 bits per heavy atom. The molecular weight excluding hydrogens is 160 g/mol. The lowest BCUT2D eigenvalue weighted by Crippen LogP contribution is -2.22. The highest BCUT2D eigenvalue weighted by atomic mass is 16.9. The molecule has 4 heteroatoms. The van der Waals surface area contributed by atoms with Crippen molar-refractivity contribution in [3.8, 4) is 17.2 Å². The van der Waals surface area contributed by atoms with E-state index < -0.39 is 6.48 Å². The first-order chi connectivity index (χ1) is 5.93. The molecule has 2 aliphatic heterocycles. The van der Waals surface area contributed by atoms with Gasteiger partial charge in [0.15, 0.2) is 18.3 Å². The van der Waals surface area contributed by atoms with Crippen LogP contribution in [0.4, 0.5) is 0 Å². The van der Waals surface area contributed by atoms with Gasteiger partial charge in [0.05, 0.1) is 0 Å². The van der Waals surface area contributed by atoms with Crippen molar-refractivity contribution in [1.29, 1.82) is 0 Å². The van der Waals surface area contributed by atoms with Crippen molar-refractivity contribution in [2.45, 2.75) is 6.48 Å². The van der Waals surface area contributed by atoms with Crippen LogP contribution in [0.3, 0.4) is 0 Å². The van der Waals surface area contributed by atoms with Gasteiger partial charge in [-0.15, -0.1) is 0 Å². The van der Waals surface area contributed by atoms with Gasteiger partial charge < -0.3 is 14.2 Å². The first kappa shape index (κ1) is 6.14. The predicted molar refractivity (Wildman–Crippen MR) is 38.1 cm³/mol. The zero-order valence-corrected chi connectivity index (χ0v) is 6.15. The minimum Gasteiger partial charge on any atom is -0.463 e. The molecule has 0 saturated heterocycles. The monoisotopic (exact) mass is 166 g/mol. The van der Waals surface area contributed by atoms with Gasteiger partial charge in [0, 0.05) is 0 Å². The largest absolute Gasteiger partial charge is 0.463 e. The quantitative estimate of drug-likeness (QED) is 0.578. The van der Waals surface area contributed by atoms with Crippen LogP contribution in [0.25, 0.3) is 0 Å². The van der Waals surface area contributed by atoms with Gasteiger partial charge in [0.25, 0.3) is 0 Å². The maximum absolute atomic E-state index is 5.28. The lowest BCUT2D eigenvalue weighted by Gasteiger charge is -2.09. The summed E-state index contributed by atoms with van der Waals surface area (Å²) in [7, 11) is 0. The van der Waals surface area contributed by atoms with E-state index in [0.717, 1.165) is 0 Å². The summed E-state index contributed by atoms with van der Waals surface area (Å²) in [6.07, 6.45) is 0. The Labute approximate surface area is 68.6 Å². The van der Waals surface area contributed by atoms with Gasteiger partial charge in [-0.3, -0.25) is 4.74 Å². The second-order valence-electron chi connectivity index (χ2n) is 2.54. The summed E-state index contributed by atoms with van der Waals surface area (Å²) in [6, 6.07) is 5.49. The highest BCUT2D eigenvalue weighted by Gasteiger charge is 2.30. The van der Waals surface area contributed by atoms with Crippen LogP contribution in [0.1, 0.15) is 0 Å². The molecule has 1 aromatic rings. The highest BCUT2D eigenvalue weighted by Crippen LogP contribution is 2.44. The first-order valence-corrected chi connectivity index (χ1v) is 3.64. The standard InChI is InChI=1S/C8H6O4/c1-2-5-7-6(3-1)11-8(12-7)10-4-9-5/h1-3,8H,4H2. The zero-order valence-electron chi connectivity index (χ0n) is 6.15. The Morgan fingerprint density at radius 3 is 3.08 bits per heavy atom. The van der Waals surface area contributed by atoms with Crippen LogP contribution in [0, 0.1) is 0 Å². The topological polar surface area (TPSA) is 36.9 Å². The van der Waals surface area contributed by atoms with Gasteiger partial charge >= 0.3 is 6.48 Å². The minimum absolute atomic E-state index is 0.168. The van der Waals surface area contributed by atoms with Crippen LogP contribution in [-0.2, 0) is 4.74 Å². The molecule has 0 fully saturated rings. The maximum Gasteiger partial charge on any atom is 0.364 e. The van der Waals surface area contributed by atoms with Gasteiger partial charge in [-0.1, -0.05) is 6.07 Å². The van der Waals surface area contributed by atoms with Crippen LogP contribution >= 0.6 is 0 Å². The molecule has 2 aliphatic rings. The molecule has 3 rings (SSSR count). The third-order valence-electron chi connectivity index (χ3n) is 1.80. The number of hydrogen-bond acceptors (Lipinski definition) is 4. The van der Waals surface area contributed by atoms with E-state index >= 15 is 0 Å². The molecule has 0 spiro atoms. The molecule has 0 amide bonds. The van der Waals surface area contributed by atoms with E-state index in [-0.39, 0.29) is 6.79 Å². The van der Waals surface area contributed by atoms with Crippen molar-refractivity contribution in [2.75, 3.05) is 6.79 Å². The fourth-order valence-corrected chi connectivity index (χ4v) is 1.26. The molecule has 4 nitrogen and oxygen atoms in total. The summed E-state index contributed by atoms with van der Waals surface area (Å²) in [4.78, 5) is 0. The highest BCUT2D eigenvalue weighted by molar-refractivity contribution is 5.52. The van der Waals surface area contributed by atoms with Crippen molar-refractivity contribution >= 4 is 0 Å². The number of fused-ring (bicyclic) bond motifs is 1. The number of rotatable bonds is 0. The molecule has 0 aromatic heterocycles.